The molecule has 0 saturated carbocycles. The van der Waals surface area contributed by atoms with Crippen molar-refractivity contribution in [2.24, 2.45) is 0 Å². The van der Waals surface area contributed by atoms with Crippen LogP contribution in [0.5, 0.6) is 5.75 Å². The molecule has 0 aromatic heterocycles. The summed E-state index contributed by atoms with van der Waals surface area (Å²) in [6.45, 7) is 6.05. The molecule has 0 aliphatic carbocycles. The Morgan fingerprint density at radius 2 is 1.45 bits per heavy atom. The summed E-state index contributed by atoms with van der Waals surface area (Å²) < 4.78 is 5.42. The van der Waals surface area contributed by atoms with Crippen molar-refractivity contribution in [1.82, 2.24) is 0 Å². The molecule has 6 heteroatoms. The Hall–Kier alpha value is -4.06. The van der Waals surface area contributed by atoms with Gasteiger partial charge in [0, 0.05) is 24.5 Å². The lowest BCUT2D eigenvalue weighted by Gasteiger charge is -2.21. The maximum absolute atomic E-state index is 13.6. The molecule has 0 unspecified atom stereocenters. The summed E-state index contributed by atoms with van der Waals surface area (Å²) in [5.74, 6) is -0.356. The first kappa shape index (κ1) is 22.1. The summed E-state index contributed by atoms with van der Waals surface area (Å²) in [6, 6.07) is 24.1. The molecule has 0 spiro atoms. The van der Waals surface area contributed by atoms with Crippen molar-refractivity contribution in [1.29, 1.82) is 0 Å². The molecule has 33 heavy (non-hydrogen) atoms. The normalized spacial score (nSPS) is 13.5. The summed E-state index contributed by atoms with van der Waals surface area (Å²) in [7, 11) is 1.52. The van der Waals surface area contributed by atoms with Crippen molar-refractivity contribution < 1.29 is 14.3 Å². The van der Waals surface area contributed by atoms with Gasteiger partial charge in [-0.3, -0.25) is 9.59 Å². The predicted molar refractivity (Wildman–Crippen MR) is 132 cm³/mol. The number of nitrogens with one attached hydrogen (secondary N) is 1. The van der Waals surface area contributed by atoms with E-state index >= 15 is 0 Å². The van der Waals surface area contributed by atoms with Gasteiger partial charge in [-0.05, 0) is 55.8 Å². The van der Waals surface area contributed by atoms with E-state index in [1.807, 2.05) is 54.6 Å². The highest BCUT2D eigenvalue weighted by Crippen LogP contribution is 2.37. The fourth-order valence-electron chi connectivity index (χ4n) is 4.04. The summed E-state index contributed by atoms with van der Waals surface area (Å²) in [4.78, 5) is 30.5. The van der Waals surface area contributed by atoms with Crippen molar-refractivity contribution in [2.45, 2.75) is 13.8 Å². The monoisotopic (exact) mass is 441 g/mol. The van der Waals surface area contributed by atoms with E-state index in [9.17, 15) is 9.59 Å². The van der Waals surface area contributed by atoms with E-state index in [1.165, 1.54) is 12.0 Å². The molecule has 2 amide bonds. The average molecular weight is 442 g/mol. The molecule has 168 valence electrons. The number of amides is 2. The van der Waals surface area contributed by atoms with E-state index in [-0.39, 0.29) is 5.70 Å². The summed E-state index contributed by atoms with van der Waals surface area (Å²) in [5.41, 5.74) is 3.50. The number of nitrogens with zero attached hydrogens (tertiary/aromatic N) is 2. The predicted octanol–water partition coefficient (Wildman–Crippen LogP) is 4.94. The number of benzene rings is 3. The van der Waals surface area contributed by atoms with E-state index in [1.54, 1.807) is 24.3 Å². The van der Waals surface area contributed by atoms with E-state index in [2.05, 4.69) is 24.1 Å². The van der Waals surface area contributed by atoms with Gasteiger partial charge in [-0.2, -0.15) is 0 Å². The number of hydrogen-bond donors (Lipinski definition) is 1. The number of methoxy groups -OCH3 is 1. The third-order valence-corrected chi connectivity index (χ3v) is 5.74. The molecule has 1 heterocycles. The molecule has 3 aromatic carbocycles. The van der Waals surface area contributed by atoms with Crippen LogP contribution < -0.4 is 19.9 Å². The van der Waals surface area contributed by atoms with Crippen LogP contribution in [0, 0.1) is 0 Å². The Morgan fingerprint density at radius 3 is 2.09 bits per heavy atom. The van der Waals surface area contributed by atoms with E-state index in [4.69, 9.17) is 4.74 Å². The lowest BCUT2D eigenvalue weighted by Crippen LogP contribution is -2.32. The number of rotatable bonds is 8. The highest BCUT2D eigenvalue weighted by molar-refractivity contribution is 6.46. The number of carbonyl (C=O) groups is 2. The van der Waals surface area contributed by atoms with Crippen LogP contribution in [0.4, 0.5) is 17.1 Å². The lowest BCUT2D eigenvalue weighted by atomic mass is 10.0. The number of carbonyl (C=O) groups excluding carboxylic acids is 2. The Bertz CT molecular complexity index is 1180. The van der Waals surface area contributed by atoms with Gasteiger partial charge in [0.25, 0.3) is 11.8 Å². The van der Waals surface area contributed by atoms with Crippen molar-refractivity contribution >= 4 is 34.4 Å². The van der Waals surface area contributed by atoms with E-state index < -0.39 is 11.8 Å². The van der Waals surface area contributed by atoms with Gasteiger partial charge in [0.2, 0.25) is 0 Å². The first-order chi connectivity index (χ1) is 16.1. The fraction of sp³-hybridized carbons (Fsp3) is 0.185. The molecular formula is C27H27N3O3. The second-order valence-electron chi connectivity index (χ2n) is 7.58. The zero-order chi connectivity index (χ0) is 23.4. The molecule has 0 atom stereocenters. The maximum Gasteiger partial charge on any atom is 0.282 e. The summed E-state index contributed by atoms with van der Waals surface area (Å²) in [6.07, 6.45) is 0. The van der Waals surface area contributed by atoms with Crippen LogP contribution in [-0.2, 0) is 9.59 Å². The molecule has 6 nitrogen and oxygen atoms in total. The van der Waals surface area contributed by atoms with E-state index in [0.717, 1.165) is 24.5 Å². The first-order valence-corrected chi connectivity index (χ1v) is 11.0. The minimum absolute atomic E-state index is 0.243. The van der Waals surface area contributed by atoms with Crippen LogP contribution in [0.2, 0.25) is 0 Å². The summed E-state index contributed by atoms with van der Waals surface area (Å²) in [5, 5.41) is 3.22. The minimum Gasteiger partial charge on any atom is -0.495 e. The van der Waals surface area contributed by atoms with Gasteiger partial charge in [0.1, 0.15) is 11.4 Å². The SMILES string of the molecule is CCN(CC)c1ccc(NC2=C(c3ccccc3)C(=O)N(c3ccccc3OC)C2=O)cc1. The van der Waals surface area contributed by atoms with Gasteiger partial charge < -0.3 is 15.0 Å². The van der Waals surface area contributed by atoms with Gasteiger partial charge in [-0.1, -0.05) is 42.5 Å². The molecule has 3 aromatic rings. The zero-order valence-corrected chi connectivity index (χ0v) is 19.0. The van der Waals surface area contributed by atoms with E-state index in [0.29, 0.717) is 22.6 Å². The molecule has 0 radical (unpaired) electrons. The first-order valence-electron chi connectivity index (χ1n) is 11.0. The largest absolute Gasteiger partial charge is 0.495 e. The maximum atomic E-state index is 13.6. The Labute approximate surface area is 194 Å². The van der Waals surface area contributed by atoms with Crippen LogP contribution >= 0.6 is 0 Å². The Morgan fingerprint density at radius 1 is 0.818 bits per heavy atom. The molecule has 1 aliphatic heterocycles. The van der Waals surface area contributed by atoms with Gasteiger partial charge >= 0.3 is 0 Å². The van der Waals surface area contributed by atoms with Crippen LogP contribution in [0.25, 0.3) is 5.57 Å². The van der Waals surface area contributed by atoms with Crippen molar-refractivity contribution in [3.8, 4) is 5.75 Å². The third kappa shape index (κ3) is 4.20. The van der Waals surface area contributed by atoms with Crippen LogP contribution in [0.15, 0.2) is 84.6 Å². The number of anilines is 3. The number of hydrogen-bond acceptors (Lipinski definition) is 5. The average Bonchev–Trinajstić information content (AvgIpc) is 3.10. The van der Waals surface area contributed by atoms with Crippen LogP contribution in [-0.4, -0.2) is 32.0 Å². The number of ether oxygens (including phenoxy) is 1. The van der Waals surface area contributed by atoms with Gasteiger partial charge in [-0.15, -0.1) is 0 Å². The molecule has 0 fully saturated rings. The van der Waals surface area contributed by atoms with Crippen LogP contribution in [0.1, 0.15) is 19.4 Å². The number of para-hydroxylation sites is 2. The van der Waals surface area contributed by atoms with Gasteiger partial charge in [0.15, 0.2) is 0 Å². The van der Waals surface area contributed by atoms with Crippen LogP contribution in [0.3, 0.4) is 0 Å². The molecule has 0 saturated heterocycles. The molecule has 1 N–H and O–H groups in total. The summed E-state index contributed by atoms with van der Waals surface area (Å²) >= 11 is 0. The molecule has 0 bridgehead atoms. The van der Waals surface area contributed by atoms with Crippen molar-refractivity contribution in [2.75, 3.05) is 35.3 Å². The minimum atomic E-state index is -0.420. The highest BCUT2D eigenvalue weighted by atomic mass is 16.5. The second kappa shape index (κ2) is 9.61. The number of imide groups is 1. The Balaban J connectivity index is 1.75. The zero-order valence-electron chi connectivity index (χ0n) is 19.0. The third-order valence-electron chi connectivity index (χ3n) is 5.74. The van der Waals surface area contributed by atoms with Gasteiger partial charge in [-0.25, -0.2) is 4.90 Å². The topological polar surface area (TPSA) is 61.9 Å². The fourth-order valence-corrected chi connectivity index (χ4v) is 4.04. The highest BCUT2D eigenvalue weighted by Gasteiger charge is 2.41. The quantitative estimate of drug-likeness (QED) is 0.502. The Kier molecular flexibility index (Phi) is 6.45. The standard InChI is InChI=1S/C27H27N3O3/c1-4-29(5-2)21-17-15-20(16-18-21)28-25-24(19-11-7-6-8-12-19)26(31)30(27(25)32)22-13-9-10-14-23(22)33-3/h6-18,28H,4-5H2,1-3H3. The van der Waals surface area contributed by atoms with Crippen molar-refractivity contribution in [3.63, 3.8) is 0 Å². The molecule has 1 aliphatic rings. The van der Waals surface area contributed by atoms with Gasteiger partial charge in [0.05, 0.1) is 18.4 Å². The smallest absolute Gasteiger partial charge is 0.282 e. The lowest BCUT2D eigenvalue weighted by molar-refractivity contribution is -0.120. The van der Waals surface area contributed by atoms with Crippen molar-refractivity contribution in [3.05, 3.63) is 90.1 Å². The molecular weight excluding hydrogens is 414 g/mol. The molecule has 4 rings (SSSR count). The second-order valence-corrected chi connectivity index (χ2v) is 7.58.